The predicted octanol–water partition coefficient (Wildman–Crippen LogP) is 5.09. The first kappa shape index (κ1) is 22.0. The largest absolute Gasteiger partial charge is 0.383 e. The fraction of sp³-hybridized carbons (Fsp3) is 0.346. The van der Waals surface area contributed by atoms with Crippen LogP contribution in [0.2, 0.25) is 5.02 Å². The summed E-state index contributed by atoms with van der Waals surface area (Å²) >= 11 is 6.69. The number of rotatable bonds is 7. The second-order valence-corrected chi connectivity index (χ2v) is 10.5. The summed E-state index contributed by atoms with van der Waals surface area (Å²) in [5.41, 5.74) is 9.94. The second-order valence-electron chi connectivity index (χ2n) is 10.1. The highest BCUT2D eigenvalue weighted by Gasteiger charge is 2.32. The molecule has 3 aromatic rings. The molecule has 1 atom stereocenters. The van der Waals surface area contributed by atoms with E-state index in [0.29, 0.717) is 56.7 Å². The van der Waals surface area contributed by atoms with E-state index in [-0.39, 0.29) is 5.41 Å². The van der Waals surface area contributed by atoms with Gasteiger partial charge in [0.05, 0.1) is 34.9 Å². The first-order valence-corrected chi connectivity index (χ1v) is 12.0. The Bertz CT molecular complexity index is 1360. The molecule has 1 saturated carbocycles. The number of anilines is 2. The lowest BCUT2D eigenvalue weighted by Crippen LogP contribution is -2.38. The fourth-order valence-corrected chi connectivity index (χ4v) is 4.18. The Morgan fingerprint density at radius 2 is 2.17 bits per heavy atom. The van der Waals surface area contributed by atoms with Crippen LogP contribution in [0.3, 0.4) is 0 Å². The standard InChI is InChI=1S/C26H29ClN8/c1-26(2,3)15-31-23-17(11-28)13-30-25-20(23)9-18(10-21(25)27)32-24(16-5-4-8-29-12-16)22-14-35(34-33-22)19-6-7-19/h4-5,8-10,12-14,19,24,32-34H,6-7,15H2,1-3H3,(H,30,31)/t24-/m1/s1/i24D. The molecule has 4 N–H and O–H groups in total. The molecular formula is C26H29ClN8. The Labute approximate surface area is 211 Å². The summed E-state index contributed by atoms with van der Waals surface area (Å²) in [5, 5.41) is 19.7. The highest BCUT2D eigenvalue weighted by Crippen LogP contribution is 2.36. The predicted molar refractivity (Wildman–Crippen MR) is 139 cm³/mol. The van der Waals surface area contributed by atoms with Crippen LogP contribution in [-0.2, 0) is 0 Å². The summed E-state index contributed by atoms with van der Waals surface area (Å²) < 4.78 is 9.55. The van der Waals surface area contributed by atoms with Crippen LogP contribution < -0.4 is 21.6 Å². The van der Waals surface area contributed by atoms with E-state index in [1.807, 2.05) is 29.4 Å². The average Bonchev–Trinajstić information content (AvgIpc) is 3.58. The van der Waals surface area contributed by atoms with Gasteiger partial charge in [-0.25, -0.2) is 0 Å². The number of nitriles is 1. The lowest BCUT2D eigenvalue weighted by Gasteiger charge is -2.23. The van der Waals surface area contributed by atoms with E-state index in [1.165, 1.54) is 0 Å². The summed E-state index contributed by atoms with van der Waals surface area (Å²) in [6, 6.07) is 8.60. The van der Waals surface area contributed by atoms with E-state index in [1.54, 1.807) is 24.7 Å². The lowest BCUT2D eigenvalue weighted by molar-refractivity contribution is 0.260. The number of nitrogens with one attached hydrogen (secondary N) is 4. The SMILES string of the molecule is [2H][C@](Nc1cc(Cl)c2ncc(C#N)c(NCC(C)(C)C)c2c1)(C1=CN(C2CC2)NN1)c1cccnc1. The van der Waals surface area contributed by atoms with Gasteiger partial charge < -0.3 is 16.1 Å². The number of nitrogens with zero attached hydrogens (tertiary/aromatic N) is 4. The number of hydrazine groups is 2. The van der Waals surface area contributed by atoms with Crippen LogP contribution in [0.4, 0.5) is 11.4 Å². The lowest BCUT2D eigenvalue weighted by atomic mass is 9.96. The molecule has 2 aliphatic rings. The van der Waals surface area contributed by atoms with E-state index < -0.39 is 6.02 Å². The molecule has 0 saturated heterocycles. The van der Waals surface area contributed by atoms with Gasteiger partial charge in [0.15, 0.2) is 0 Å². The third-order valence-corrected chi connectivity index (χ3v) is 6.15. The van der Waals surface area contributed by atoms with Crippen molar-refractivity contribution in [2.45, 2.75) is 45.7 Å². The number of fused-ring (bicyclic) bond motifs is 1. The maximum atomic E-state index is 9.76. The van der Waals surface area contributed by atoms with Crippen LogP contribution in [0.5, 0.6) is 0 Å². The van der Waals surface area contributed by atoms with Crippen LogP contribution in [0, 0.1) is 16.7 Å². The van der Waals surface area contributed by atoms with Crippen LogP contribution in [0.25, 0.3) is 10.9 Å². The normalized spacial score (nSPS) is 17.7. The van der Waals surface area contributed by atoms with E-state index in [2.05, 4.69) is 58.4 Å². The first-order valence-electron chi connectivity index (χ1n) is 12.2. The van der Waals surface area contributed by atoms with Gasteiger partial charge in [0.25, 0.3) is 0 Å². The van der Waals surface area contributed by atoms with Crippen LogP contribution in [0.1, 0.15) is 52.1 Å². The van der Waals surface area contributed by atoms with Crippen molar-refractivity contribution in [3.05, 3.63) is 70.9 Å². The molecule has 0 amide bonds. The molecule has 3 heterocycles. The molecule has 1 aromatic carbocycles. The quantitative estimate of drug-likeness (QED) is 0.364. The summed E-state index contributed by atoms with van der Waals surface area (Å²) in [5.74, 6) is 0. The van der Waals surface area contributed by atoms with Crippen molar-refractivity contribution in [1.82, 2.24) is 25.9 Å². The molecule has 180 valence electrons. The van der Waals surface area contributed by atoms with E-state index in [9.17, 15) is 6.63 Å². The van der Waals surface area contributed by atoms with Crippen LogP contribution >= 0.6 is 11.6 Å². The summed E-state index contributed by atoms with van der Waals surface area (Å²) in [7, 11) is 0. The zero-order chi connectivity index (χ0) is 25.5. The Balaban J connectivity index is 1.59. The maximum absolute atomic E-state index is 9.76. The molecule has 0 spiro atoms. The number of hydrogen-bond donors (Lipinski definition) is 4. The monoisotopic (exact) mass is 489 g/mol. The van der Waals surface area contributed by atoms with Gasteiger partial charge in [0, 0.05) is 48.5 Å². The van der Waals surface area contributed by atoms with Crippen molar-refractivity contribution >= 4 is 33.9 Å². The molecule has 35 heavy (non-hydrogen) atoms. The van der Waals surface area contributed by atoms with E-state index >= 15 is 0 Å². The zero-order valence-corrected chi connectivity index (χ0v) is 20.7. The molecule has 0 radical (unpaired) electrons. The number of halogens is 1. The summed E-state index contributed by atoms with van der Waals surface area (Å²) in [6.45, 7) is 7.03. The molecule has 1 fully saturated rings. The van der Waals surface area contributed by atoms with Crippen molar-refractivity contribution in [2.24, 2.45) is 5.41 Å². The fourth-order valence-electron chi connectivity index (χ4n) is 3.92. The first-order chi connectivity index (χ1) is 17.2. The highest BCUT2D eigenvalue weighted by molar-refractivity contribution is 6.35. The second kappa shape index (κ2) is 9.25. The molecule has 8 nitrogen and oxygen atoms in total. The number of hydrogen-bond acceptors (Lipinski definition) is 8. The molecule has 9 heteroatoms. The van der Waals surface area contributed by atoms with Gasteiger partial charge in [0.2, 0.25) is 0 Å². The molecular weight excluding hydrogens is 460 g/mol. The molecule has 0 unspecified atom stereocenters. The number of aromatic nitrogens is 2. The van der Waals surface area contributed by atoms with Crippen molar-refractivity contribution in [2.75, 3.05) is 17.2 Å². The van der Waals surface area contributed by atoms with Crippen molar-refractivity contribution < 1.29 is 1.37 Å². The minimum absolute atomic E-state index is 0.000333. The minimum atomic E-state index is -1.39. The van der Waals surface area contributed by atoms with Gasteiger partial charge in [0.1, 0.15) is 6.07 Å². The zero-order valence-electron chi connectivity index (χ0n) is 21.0. The molecule has 0 bridgehead atoms. The Morgan fingerprint density at radius 3 is 2.86 bits per heavy atom. The van der Waals surface area contributed by atoms with Gasteiger partial charge >= 0.3 is 0 Å². The average molecular weight is 490 g/mol. The third-order valence-electron chi connectivity index (χ3n) is 5.86. The molecule has 1 aliphatic heterocycles. The third kappa shape index (κ3) is 5.11. The highest BCUT2D eigenvalue weighted by atomic mass is 35.5. The Morgan fingerprint density at radius 1 is 1.34 bits per heavy atom. The van der Waals surface area contributed by atoms with Gasteiger partial charge in [-0.1, -0.05) is 38.4 Å². The molecule has 2 aromatic heterocycles. The van der Waals surface area contributed by atoms with Gasteiger partial charge in [-0.15, -0.1) is 5.53 Å². The smallest absolute Gasteiger partial charge is 0.103 e. The van der Waals surface area contributed by atoms with Crippen LogP contribution in [-0.4, -0.2) is 27.6 Å². The van der Waals surface area contributed by atoms with Gasteiger partial charge in [-0.2, -0.15) is 5.26 Å². The van der Waals surface area contributed by atoms with Crippen molar-refractivity contribution in [3.8, 4) is 6.07 Å². The molecule has 1 aliphatic carbocycles. The van der Waals surface area contributed by atoms with E-state index in [0.717, 1.165) is 12.8 Å². The van der Waals surface area contributed by atoms with Gasteiger partial charge in [-0.3, -0.25) is 15.0 Å². The topological polar surface area (TPSA) is 101 Å². The van der Waals surface area contributed by atoms with Crippen molar-refractivity contribution in [1.29, 1.82) is 5.26 Å². The minimum Gasteiger partial charge on any atom is -0.383 e. The van der Waals surface area contributed by atoms with Crippen LogP contribution in [0.15, 0.2) is 54.8 Å². The number of pyridine rings is 2. The van der Waals surface area contributed by atoms with Crippen molar-refractivity contribution in [3.63, 3.8) is 0 Å². The number of benzene rings is 1. The Hall–Kier alpha value is -3.54. The van der Waals surface area contributed by atoms with Gasteiger partial charge in [-0.05, 0) is 42.0 Å². The molecule has 5 rings (SSSR count). The Kier molecular flexibility index (Phi) is 5.80. The summed E-state index contributed by atoms with van der Waals surface area (Å²) in [6.07, 6.45) is 9.06. The van der Waals surface area contributed by atoms with E-state index in [4.69, 9.17) is 11.6 Å². The maximum Gasteiger partial charge on any atom is 0.103 e. The summed E-state index contributed by atoms with van der Waals surface area (Å²) in [4.78, 5) is 8.70.